The molecule has 4 atom stereocenters. The zero-order valence-corrected chi connectivity index (χ0v) is 9.74. The van der Waals surface area contributed by atoms with Crippen molar-refractivity contribution in [3.63, 3.8) is 0 Å². The molecule has 1 heterocycles. The third-order valence-electron chi connectivity index (χ3n) is 4.15. The maximum atomic E-state index is 5.72. The third-order valence-corrected chi connectivity index (χ3v) is 4.15. The highest BCUT2D eigenvalue weighted by molar-refractivity contribution is 4.86. The summed E-state index contributed by atoms with van der Waals surface area (Å²) in [7, 11) is 0. The predicted octanol–water partition coefficient (Wildman–Crippen LogP) is 1.68. The van der Waals surface area contributed by atoms with Crippen LogP contribution in [0.2, 0.25) is 0 Å². The summed E-state index contributed by atoms with van der Waals surface area (Å²) < 4.78 is 5.46. The lowest BCUT2D eigenvalue weighted by Gasteiger charge is -2.35. The monoisotopic (exact) mass is 212 g/mol. The Balaban J connectivity index is 1.92. The van der Waals surface area contributed by atoms with Crippen LogP contribution < -0.4 is 11.3 Å². The molecular formula is C12H24N2O. The van der Waals surface area contributed by atoms with Crippen molar-refractivity contribution in [2.24, 2.45) is 23.6 Å². The van der Waals surface area contributed by atoms with E-state index in [0.717, 1.165) is 25.0 Å². The van der Waals surface area contributed by atoms with Crippen LogP contribution in [-0.2, 0) is 4.74 Å². The van der Waals surface area contributed by atoms with Crippen LogP contribution in [-0.4, -0.2) is 19.3 Å². The topological polar surface area (TPSA) is 47.3 Å². The van der Waals surface area contributed by atoms with Gasteiger partial charge in [0, 0.05) is 18.6 Å². The average Bonchev–Trinajstić information content (AvgIpc) is 2.72. The van der Waals surface area contributed by atoms with E-state index in [4.69, 9.17) is 10.6 Å². The SMILES string of the molecule is CC1CCCC(C(NN)C2CCOC2)C1. The minimum Gasteiger partial charge on any atom is -0.381 e. The molecule has 15 heavy (non-hydrogen) atoms. The first-order valence-corrected chi connectivity index (χ1v) is 6.35. The molecule has 2 fully saturated rings. The second-order valence-electron chi connectivity index (χ2n) is 5.35. The van der Waals surface area contributed by atoms with Crippen LogP contribution >= 0.6 is 0 Å². The van der Waals surface area contributed by atoms with Crippen molar-refractivity contribution < 1.29 is 4.74 Å². The van der Waals surface area contributed by atoms with Gasteiger partial charge < -0.3 is 4.74 Å². The number of nitrogens with two attached hydrogens (primary N) is 1. The number of hydrogen-bond acceptors (Lipinski definition) is 3. The molecule has 1 aliphatic heterocycles. The van der Waals surface area contributed by atoms with Crippen molar-refractivity contribution in [2.75, 3.05) is 13.2 Å². The fraction of sp³-hybridized carbons (Fsp3) is 1.00. The van der Waals surface area contributed by atoms with Gasteiger partial charge in [-0.3, -0.25) is 11.3 Å². The molecule has 0 aromatic heterocycles. The van der Waals surface area contributed by atoms with Crippen LogP contribution in [0.1, 0.15) is 39.0 Å². The maximum absolute atomic E-state index is 5.72. The standard InChI is InChI=1S/C12H24N2O/c1-9-3-2-4-10(7-9)12(14-13)11-5-6-15-8-11/h9-12,14H,2-8,13H2,1H3. The molecule has 0 radical (unpaired) electrons. The number of ether oxygens (including phenoxy) is 1. The summed E-state index contributed by atoms with van der Waals surface area (Å²) in [4.78, 5) is 0. The minimum atomic E-state index is 0.482. The van der Waals surface area contributed by atoms with Gasteiger partial charge in [-0.25, -0.2) is 0 Å². The minimum absolute atomic E-state index is 0.482. The van der Waals surface area contributed by atoms with Crippen LogP contribution in [0.3, 0.4) is 0 Å². The Bertz CT molecular complexity index is 192. The highest BCUT2D eigenvalue weighted by Crippen LogP contribution is 2.34. The Morgan fingerprint density at radius 3 is 2.73 bits per heavy atom. The Labute approximate surface area is 92.7 Å². The molecule has 1 aliphatic carbocycles. The highest BCUT2D eigenvalue weighted by atomic mass is 16.5. The van der Waals surface area contributed by atoms with E-state index < -0.39 is 0 Å². The third kappa shape index (κ3) is 2.71. The molecular weight excluding hydrogens is 188 g/mol. The predicted molar refractivity (Wildman–Crippen MR) is 61.2 cm³/mol. The van der Waals surface area contributed by atoms with E-state index in [1.54, 1.807) is 0 Å². The van der Waals surface area contributed by atoms with E-state index in [9.17, 15) is 0 Å². The number of hydrazine groups is 1. The molecule has 88 valence electrons. The van der Waals surface area contributed by atoms with Gasteiger partial charge >= 0.3 is 0 Å². The summed E-state index contributed by atoms with van der Waals surface area (Å²) in [5.41, 5.74) is 3.05. The smallest absolute Gasteiger partial charge is 0.0510 e. The van der Waals surface area contributed by atoms with Crippen molar-refractivity contribution in [3.05, 3.63) is 0 Å². The molecule has 1 saturated carbocycles. The quantitative estimate of drug-likeness (QED) is 0.553. The summed E-state index contributed by atoms with van der Waals surface area (Å²) in [5, 5.41) is 0. The van der Waals surface area contributed by atoms with Crippen molar-refractivity contribution in [2.45, 2.75) is 45.1 Å². The molecule has 3 N–H and O–H groups in total. The second-order valence-corrected chi connectivity index (χ2v) is 5.35. The number of nitrogens with one attached hydrogen (secondary N) is 1. The van der Waals surface area contributed by atoms with Gasteiger partial charge in [-0.05, 0) is 31.1 Å². The molecule has 0 aromatic rings. The van der Waals surface area contributed by atoms with E-state index in [1.807, 2.05) is 0 Å². The fourth-order valence-corrected chi connectivity index (χ4v) is 3.30. The van der Waals surface area contributed by atoms with Gasteiger partial charge in [0.25, 0.3) is 0 Å². The van der Waals surface area contributed by atoms with Gasteiger partial charge in [-0.1, -0.05) is 19.8 Å². The average molecular weight is 212 g/mol. The van der Waals surface area contributed by atoms with Gasteiger partial charge in [0.05, 0.1) is 6.61 Å². The molecule has 1 saturated heterocycles. The van der Waals surface area contributed by atoms with Gasteiger partial charge in [0.15, 0.2) is 0 Å². The Kier molecular flexibility index (Phi) is 4.00. The fourth-order valence-electron chi connectivity index (χ4n) is 3.30. The van der Waals surface area contributed by atoms with Crippen LogP contribution in [0, 0.1) is 17.8 Å². The molecule has 0 bridgehead atoms. The lowest BCUT2D eigenvalue weighted by Crippen LogP contribution is -2.47. The van der Waals surface area contributed by atoms with Crippen molar-refractivity contribution in [3.8, 4) is 0 Å². The normalized spacial score (nSPS) is 39.2. The maximum Gasteiger partial charge on any atom is 0.0510 e. The Morgan fingerprint density at radius 2 is 2.13 bits per heavy atom. The van der Waals surface area contributed by atoms with E-state index in [1.165, 1.54) is 32.1 Å². The second kappa shape index (κ2) is 5.28. The van der Waals surface area contributed by atoms with E-state index >= 15 is 0 Å². The van der Waals surface area contributed by atoms with Crippen molar-refractivity contribution >= 4 is 0 Å². The molecule has 3 heteroatoms. The highest BCUT2D eigenvalue weighted by Gasteiger charge is 2.33. The van der Waals surface area contributed by atoms with Gasteiger partial charge in [-0.2, -0.15) is 0 Å². The van der Waals surface area contributed by atoms with Crippen molar-refractivity contribution in [1.82, 2.24) is 5.43 Å². The summed E-state index contributed by atoms with van der Waals surface area (Å²) in [6.07, 6.45) is 6.63. The lowest BCUT2D eigenvalue weighted by atomic mass is 9.75. The zero-order valence-electron chi connectivity index (χ0n) is 9.74. The first-order valence-electron chi connectivity index (χ1n) is 6.35. The van der Waals surface area contributed by atoms with Crippen LogP contribution in [0.15, 0.2) is 0 Å². The lowest BCUT2D eigenvalue weighted by molar-refractivity contribution is 0.143. The van der Waals surface area contributed by atoms with Crippen molar-refractivity contribution in [1.29, 1.82) is 0 Å². The summed E-state index contributed by atoms with van der Waals surface area (Å²) in [6.45, 7) is 4.19. The molecule has 3 nitrogen and oxygen atoms in total. The molecule has 4 unspecified atom stereocenters. The van der Waals surface area contributed by atoms with Crippen LogP contribution in [0.5, 0.6) is 0 Å². The van der Waals surface area contributed by atoms with E-state index in [0.29, 0.717) is 12.0 Å². The Morgan fingerprint density at radius 1 is 1.27 bits per heavy atom. The van der Waals surface area contributed by atoms with Gasteiger partial charge in [-0.15, -0.1) is 0 Å². The van der Waals surface area contributed by atoms with Gasteiger partial charge in [0.1, 0.15) is 0 Å². The van der Waals surface area contributed by atoms with Crippen LogP contribution in [0.4, 0.5) is 0 Å². The summed E-state index contributed by atoms with van der Waals surface area (Å²) >= 11 is 0. The number of rotatable bonds is 3. The molecule has 2 aliphatic rings. The van der Waals surface area contributed by atoms with Crippen LogP contribution in [0.25, 0.3) is 0 Å². The number of hydrogen-bond donors (Lipinski definition) is 2. The van der Waals surface area contributed by atoms with E-state index in [-0.39, 0.29) is 0 Å². The zero-order chi connectivity index (χ0) is 10.7. The first-order chi connectivity index (χ1) is 7.31. The Hall–Kier alpha value is -0.120. The van der Waals surface area contributed by atoms with Gasteiger partial charge in [0.2, 0.25) is 0 Å². The first kappa shape index (κ1) is 11.4. The molecule has 2 rings (SSSR count). The largest absolute Gasteiger partial charge is 0.381 e. The molecule has 0 aromatic carbocycles. The molecule has 0 spiro atoms. The summed E-state index contributed by atoms with van der Waals surface area (Å²) in [5.74, 6) is 8.01. The molecule has 0 amide bonds. The van der Waals surface area contributed by atoms with E-state index in [2.05, 4.69) is 12.3 Å². The summed E-state index contributed by atoms with van der Waals surface area (Å²) in [6, 6.07) is 0.482.